The van der Waals surface area contributed by atoms with Crippen molar-refractivity contribution >= 4 is 23.3 Å². The Morgan fingerprint density at radius 2 is 1.96 bits per heavy atom. The van der Waals surface area contributed by atoms with Gasteiger partial charge in [-0.2, -0.15) is 0 Å². The zero-order chi connectivity index (χ0) is 20.1. The van der Waals surface area contributed by atoms with E-state index in [0.717, 1.165) is 11.1 Å². The number of esters is 1. The summed E-state index contributed by atoms with van der Waals surface area (Å²) in [5, 5.41) is 17.4. The zero-order valence-corrected chi connectivity index (χ0v) is 15.6. The fourth-order valence-corrected chi connectivity index (χ4v) is 2.59. The Morgan fingerprint density at radius 3 is 2.56 bits per heavy atom. The molecule has 0 spiro atoms. The number of carbonyl (C=O) groups is 2. The molecule has 0 radical (unpaired) electrons. The van der Waals surface area contributed by atoms with Gasteiger partial charge in [0, 0.05) is 18.1 Å². The minimum Gasteiger partial charge on any atom is -0.456 e. The molecule has 0 saturated heterocycles. The second-order valence-electron chi connectivity index (χ2n) is 6.17. The lowest BCUT2D eigenvalue weighted by atomic mass is 10.1. The van der Waals surface area contributed by atoms with Gasteiger partial charge in [0.15, 0.2) is 6.61 Å². The molecular weight excluding hydrogens is 354 g/mol. The third-order valence-electron chi connectivity index (χ3n) is 4.30. The summed E-state index contributed by atoms with van der Waals surface area (Å²) in [6, 6.07) is 2.94. The van der Waals surface area contributed by atoms with Crippen molar-refractivity contribution in [2.24, 2.45) is 0 Å². The molecule has 1 N–H and O–H groups in total. The molecule has 9 heteroatoms. The smallest absolute Gasteiger partial charge is 0.306 e. The van der Waals surface area contributed by atoms with Crippen LogP contribution in [0.2, 0.25) is 0 Å². The minimum atomic E-state index is -0.641. The first-order chi connectivity index (χ1) is 12.7. The predicted octanol–water partition coefficient (Wildman–Crippen LogP) is 2.93. The lowest BCUT2D eigenvalue weighted by molar-refractivity contribution is -0.384. The van der Waals surface area contributed by atoms with Crippen LogP contribution in [-0.2, 0) is 20.7 Å². The molecule has 1 heterocycles. The normalized spacial score (nSPS) is 10.5. The molecule has 0 fully saturated rings. The van der Waals surface area contributed by atoms with E-state index in [2.05, 4.69) is 10.5 Å². The number of anilines is 1. The Bertz CT molecular complexity index is 868. The highest BCUT2D eigenvalue weighted by Crippen LogP contribution is 2.30. The lowest BCUT2D eigenvalue weighted by Crippen LogP contribution is -2.22. The van der Waals surface area contributed by atoms with Gasteiger partial charge in [0.05, 0.1) is 10.6 Å². The van der Waals surface area contributed by atoms with Gasteiger partial charge in [0.25, 0.3) is 11.6 Å². The highest BCUT2D eigenvalue weighted by atomic mass is 16.6. The summed E-state index contributed by atoms with van der Waals surface area (Å²) >= 11 is 0. The fourth-order valence-electron chi connectivity index (χ4n) is 2.59. The Labute approximate surface area is 155 Å². The average molecular weight is 375 g/mol. The van der Waals surface area contributed by atoms with Gasteiger partial charge in [-0.05, 0) is 45.2 Å². The van der Waals surface area contributed by atoms with Crippen LogP contribution in [-0.4, -0.2) is 28.6 Å². The molecule has 1 amide bonds. The standard InChI is InChI=1S/C18H21N3O6/c1-10-5-7-15(21(24)25)18(11(10)2)19-16(22)9-26-17(23)8-6-14-12(3)20-27-13(14)4/h5,7H,6,8-9H2,1-4H3,(H,19,22). The number of benzene rings is 1. The maximum atomic E-state index is 12.1. The van der Waals surface area contributed by atoms with E-state index < -0.39 is 23.4 Å². The molecule has 0 aliphatic carbocycles. The van der Waals surface area contributed by atoms with Crippen LogP contribution >= 0.6 is 0 Å². The van der Waals surface area contributed by atoms with Gasteiger partial charge in [-0.15, -0.1) is 0 Å². The van der Waals surface area contributed by atoms with Gasteiger partial charge in [0.2, 0.25) is 0 Å². The first-order valence-corrected chi connectivity index (χ1v) is 8.32. The number of hydrogen-bond donors (Lipinski definition) is 1. The van der Waals surface area contributed by atoms with Crippen molar-refractivity contribution in [2.45, 2.75) is 40.5 Å². The van der Waals surface area contributed by atoms with Gasteiger partial charge >= 0.3 is 5.97 Å². The number of amides is 1. The van der Waals surface area contributed by atoms with Crippen LogP contribution in [0.15, 0.2) is 16.7 Å². The van der Waals surface area contributed by atoms with Crippen LogP contribution in [0.1, 0.15) is 34.6 Å². The first kappa shape index (κ1) is 20.1. The summed E-state index contributed by atoms with van der Waals surface area (Å²) in [4.78, 5) is 34.5. The number of nitro benzene ring substituents is 1. The molecule has 27 heavy (non-hydrogen) atoms. The molecule has 9 nitrogen and oxygen atoms in total. The molecule has 2 aromatic rings. The maximum absolute atomic E-state index is 12.1. The molecule has 0 saturated carbocycles. The van der Waals surface area contributed by atoms with E-state index in [1.165, 1.54) is 6.07 Å². The van der Waals surface area contributed by atoms with Crippen molar-refractivity contribution in [3.63, 3.8) is 0 Å². The second-order valence-corrected chi connectivity index (χ2v) is 6.17. The number of hydrogen-bond acceptors (Lipinski definition) is 7. The van der Waals surface area contributed by atoms with Crippen LogP contribution in [0.25, 0.3) is 0 Å². The molecule has 1 aromatic carbocycles. The summed E-state index contributed by atoms with van der Waals surface area (Å²) in [6.07, 6.45) is 0.462. The Hall–Kier alpha value is -3.23. The molecule has 2 rings (SSSR count). The van der Waals surface area contributed by atoms with Gasteiger partial charge in [-0.25, -0.2) is 0 Å². The molecule has 0 unspecified atom stereocenters. The Kier molecular flexibility index (Phi) is 6.27. The van der Waals surface area contributed by atoms with E-state index in [1.54, 1.807) is 33.8 Å². The van der Waals surface area contributed by atoms with Gasteiger partial charge in [-0.3, -0.25) is 19.7 Å². The van der Waals surface area contributed by atoms with Crippen molar-refractivity contribution in [1.82, 2.24) is 5.16 Å². The molecule has 0 atom stereocenters. The summed E-state index contributed by atoms with van der Waals surface area (Å²) in [6.45, 7) is 6.47. The number of ether oxygens (including phenoxy) is 1. The molecule has 0 aliphatic rings. The number of nitro groups is 1. The largest absolute Gasteiger partial charge is 0.456 e. The van der Waals surface area contributed by atoms with E-state index in [9.17, 15) is 19.7 Å². The predicted molar refractivity (Wildman–Crippen MR) is 96.5 cm³/mol. The average Bonchev–Trinajstić information content (AvgIpc) is 2.93. The first-order valence-electron chi connectivity index (χ1n) is 8.32. The van der Waals surface area contributed by atoms with Crippen molar-refractivity contribution in [1.29, 1.82) is 0 Å². The summed E-state index contributed by atoms with van der Waals surface area (Å²) in [5.74, 6) is -0.557. The Morgan fingerprint density at radius 1 is 1.26 bits per heavy atom. The summed E-state index contributed by atoms with van der Waals surface area (Å²) in [7, 11) is 0. The van der Waals surface area contributed by atoms with Gasteiger partial charge < -0.3 is 14.6 Å². The van der Waals surface area contributed by atoms with E-state index in [4.69, 9.17) is 9.26 Å². The topological polar surface area (TPSA) is 125 Å². The summed E-state index contributed by atoms with van der Waals surface area (Å²) < 4.78 is 9.97. The van der Waals surface area contributed by atoms with E-state index in [0.29, 0.717) is 23.4 Å². The van der Waals surface area contributed by atoms with Gasteiger partial charge in [0.1, 0.15) is 11.4 Å². The van der Waals surface area contributed by atoms with Crippen molar-refractivity contribution < 1.29 is 23.8 Å². The van der Waals surface area contributed by atoms with Gasteiger partial charge in [-0.1, -0.05) is 11.2 Å². The number of carbonyl (C=O) groups excluding carboxylic acids is 2. The monoisotopic (exact) mass is 375 g/mol. The molecule has 1 aromatic heterocycles. The van der Waals surface area contributed by atoms with E-state index in [1.807, 2.05) is 0 Å². The van der Waals surface area contributed by atoms with E-state index >= 15 is 0 Å². The SMILES string of the molecule is Cc1ccc([N+](=O)[O-])c(NC(=O)COC(=O)CCc2c(C)noc2C)c1C. The van der Waals surface area contributed by atoms with Crippen molar-refractivity contribution in [3.05, 3.63) is 50.4 Å². The number of aryl methyl sites for hydroxylation is 3. The number of nitrogens with zero attached hydrogens (tertiary/aromatic N) is 2. The van der Waals surface area contributed by atoms with Crippen LogP contribution in [0, 0.1) is 37.8 Å². The third kappa shape index (κ3) is 4.90. The second kappa shape index (κ2) is 8.43. The van der Waals surface area contributed by atoms with E-state index in [-0.39, 0.29) is 17.8 Å². The van der Waals surface area contributed by atoms with Crippen LogP contribution in [0.4, 0.5) is 11.4 Å². The Balaban J connectivity index is 1.92. The molecule has 144 valence electrons. The molecular formula is C18H21N3O6. The minimum absolute atomic E-state index is 0.0692. The van der Waals surface area contributed by atoms with Crippen LogP contribution < -0.4 is 5.32 Å². The lowest BCUT2D eigenvalue weighted by Gasteiger charge is -2.11. The third-order valence-corrected chi connectivity index (χ3v) is 4.30. The van der Waals surface area contributed by atoms with Crippen molar-refractivity contribution in [2.75, 3.05) is 11.9 Å². The summed E-state index contributed by atoms with van der Waals surface area (Å²) in [5.41, 5.74) is 2.82. The quantitative estimate of drug-likeness (QED) is 0.448. The number of rotatable bonds is 7. The highest BCUT2D eigenvalue weighted by Gasteiger charge is 2.20. The van der Waals surface area contributed by atoms with Crippen molar-refractivity contribution in [3.8, 4) is 0 Å². The number of aromatic nitrogens is 1. The zero-order valence-electron chi connectivity index (χ0n) is 15.6. The maximum Gasteiger partial charge on any atom is 0.306 e. The highest BCUT2D eigenvalue weighted by molar-refractivity contribution is 5.96. The van der Waals surface area contributed by atoms with Crippen LogP contribution in [0.3, 0.4) is 0 Å². The molecule has 0 aliphatic heterocycles. The van der Waals surface area contributed by atoms with Crippen LogP contribution in [0.5, 0.6) is 0 Å². The molecule has 0 bridgehead atoms. The fraction of sp³-hybridized carbons (Fsp3) is 0.389. The number of nitrogens with one attached hydrogen (secondary N) is 1.